The van der Waals surface area contributed by atoms with Crippen LogP contribution in [0.4, 0.5) is 13.2 Å². The zero-order chi connectivity index (χ0) is 13.8. The number of β-amino-alcohol motifs (C(OH)–C–C–N with tert-alkyl or cyclic N) is 1. The van der Waals surface area contributed by atoms with E-state index in [0.717, 1.165) is 32.2 Å². The maximum Gasteiger partial charge on any atom is 0.490 e. The van der Waals surface area contributed by atoms with Crippen molar-refractivity contribution in [2.75, 3.05) is 26.2 Å². The number of piperidine rings is 1. The van der Waals surface area contributed by atoms with Crippen LogP contribution in [0.2, 0.25) is 0 Å². The van der Waals surface area contributed by atoms with Crippen molar-refractivity contribution in [3.8, 4) is 0 Å². The van der Waals surface area contributed by atoms with E-state index in [1.807, 2.05) is 0 Å². The summed E-state index contributed by atoms with van der Waals surface area (Å²) in [7, 11) is 0. The number of nitrogens with zero attached hydrogens (tertiary/aromatic N) is 1. The highest BCUT2D eigenvalue weighted by Crippen LogP contribution is 2.18. The lowest BCUT2D eigenvalue weighted by atomic mass is 10.00. The number of hydrogen-bond donors (Lipinski definition) is 3. The van der Waals surface area contributed by atoms with E-state index in [0.29, 0.717) is 0 Å². The Morgan fingerprint density at radius 3 is 2.00 bits per heavy atom. The van der Waals surface area contributed by atoms with Crippen LogP contribution in [0.5, 0.6) is 0 Å². The third-order valence-corrected chi connectivity index (χ3v) is 2.96. The Morgan fingerprint density at radius 2 is 1.67 bits per heavy atom. The number of aliphatic hydroxyl groups is 1. The monoisotopic (exact) mass is 270 g/mol. The van der Waals surface area contributed by atoms with Gasteiger partial charge >= 0.3 is 12.1 Å². The van der Waals surface area contributed by atoms with Crippen molar-refractivity contribution in [3.05, 3.63) is 0 Å². The number of aliphatic hydroxyl groups excluding tert-OH is 1. The van der Waals surface area contributed by atoms with Crippen LogP contribution < -0.4 is 5.32 Å². The number of carboxylic acid groups (broad SMARTS) is 1. The smallest absolute Gasteiger partial charge is 0.475 e. The van der Waals surface area contributed by atoms with E-state index < -0.39 is 12.1 Å². The van der Waals surface area contributed by atoms with E-state index in [1.54, 1.807) is 0 Å². The van der Waals surface area contributed by atoms with E-state index in [4.69, 9.17) is 15.0 Å². The molecule has 106 valence electrons. The Morgan fingerprint density at radius 1 is 1.22 bits per heavy atom. The molecule has 2 aliphatic heterocycles. The van der Waals surface area contributed by atoms with Crippen molar-refractivity contribution in [1.82, 2.24) is 10.2 Å². The lowest BCUT2D eigenvalue weighted by Gasteiger charge is -2.43. The zero-order valence-corrected chi connectivity index (χ0v) is 9.78. The first-order chi connectivity index (χ1) is 8.30. The summed E-state index contributed by atoms with van der Waals surface area (Å²) in [6.45, 7) is 4.11. The highest BCUT2D eigenvalue weighted by atomic mass is 19.4. The van der Waals surface area contributed by atoms with Crippen molar-refractivity contribution in [2.45, 2.75) is 31.2 Å². The van der Waals surface area contributed by atoms with E-state index in [1.165, 1.54) is 12.8 Å². The second-order valence-corrected chi connectivity index (χ2v) is 4.39. The molecule has 2 aliphatic rings. The van der Waals surface area contributed by atoms with Gasteiger partial charge in [0.2, 0.25) is 0 Å². The SMILES string of the molecule is O=C(O)C(F)(F)F.OC1CN(C2CCNCC2)C1. The van der Waals surface area contributed by atoms with Crippen LogP contribution in [-0.2, 0) is 4.79 Å². The van der Waals surface area contributed by atoms with Gasteiger partial charge in [0, 0.05) is 19.1 Å². The van der Waals surface area contributed by atoms with Gasteiger partial charge in [-0.1, -0.05) is 0 Å². The summed E-state index contributed by atoms with van der Waals surface area (Å²) < 4.78 is 31.7. The van der Waals surface area contributed by atoms with E-state index in [-0.39, 0.29) is 6.10 Å². The topological polar surface area (TPSA) is 72.8 Å². The summed E-state index contributed by atoms with van der Waals surface area (Å²) in [6, 6.07) is 0.750. The minimum Gasteiger partial charge on any atom is -0.475 e. The molecule has 0 bridgehead atoms. The van der Waals surface area contributed by atoms with Crippen LogP contribution in [0.1, 0.15) is 12.8 Å². The second-order valence-electron chi connectivity index (χ2n) is 4.39. The molecule has 0 aromatic carbocycles. The largest absolute Gasteiger partial charge is 0.490 e. The molecular formula is C10H17F3N2O3. The third-order valence-electron chi connectivity index (χ3n) is 2.96. The number of carboxylic acids is 1. The van der Waals surface area contributed by atoms with Gasteiger partial charge in [-0.3, -0.25) is 4.90 Å². The van der Waals surface area contributed by atoms with Gasteiger partial charge in [0.05, 0.1) is 6.10 Å². The molecule has 8 heteroatoms. The minimum atomic E-state index is -5.08. The number of likely N-dealkylation sites (tertiary alicyclic amines) is 1. The Hall–Kier alpha value is -0.860. The lowest BCUT2D eigenvalue weighted by Crippen LogP contribution is -2.57. The van der Waals surface area contributed by atoms with Gasteiger partial charge in [0.25, 0.3) is 0 Å². The average Bonchev–Trinajstić information content (AvgIpc) is 2.25. The van der Waals surface area contributed by atoms with Gasteiger partial charge in [-0.2, -0.15) is 13.2 Å². The normalized spacial score (nSPS) is 22.9. The molecule has 0 radical (unpaired) electrons. The maximum absolute atomic E-state index is 10.6. The number of hydrogen-bond acceptors (Lipinski definition) is 4. The summed E-state index contributed by atoms with van der Waals surface area (Å²) in [4.78, 5) is 11.3. The molecule has 3 N–H and O–H groups in total. The Labute approximate surface area is 103 Å². The molecule has 0 saturated carbocycles. The number of halogens is 3. The summed E-state index contributed by atoms with van der Waals surface area (Å²) >= 11 is 0. The fraction of sp³-hybridized carbons (Fsp3) is 0.900. The van der Waals surface area contributed by atoms with Gasteiger partial charge in [-0.05, 0) is 25.9 Å². The highest BCUT2D eigenvalue weighted by Gasteiger charge is 2.38. The number of rotatable bonds is 1. The van der Waals surface area contributed by atoms with Crippen molar-refractivity contribution in [1.29, 1.82) is 0 Å². The van der Waals surface area contributed by atoms with Crippen molar-refractivity contribution in [3.63, 3.8) is 0 Å². The van der Waals surface area contributed by atoms with Crippen molar-refractivity contribution >= 4 is 5.97 Å². The number of aliphatic carboxylic acids is 1. The molecule has 18 heavy (non-hydrogen) atoms. The molecule has 2 heterocycles. The van der Waals surface area contributed by atoms with Crippen LogP contribution in [0.3, 0.4) is 0 Å². The molecule has 0 aromatic rings. The van der Waals surface area contributed by atoms with E-state index >= 15 is 0 Å². The Bertz CT molecular complexity index is 274. The molecule has 2 rings (SSSR count). The van der Waals surface area contributed by atoms with Crippen molar-refractivity contribution < 1.29 is 28.2 Å². The minimum absolute atomic E-state index is 0.0371. The van der Waals surface area contributed by atoms with Crippen LogP contribution in [0.15, 0.2) is 0 Å². The van der Waals surface area contributed by atoms with Crippen LogP contribution in [0.25, 0.3) is 0 Å². The van der Waals surface area contributed by atoms with Crippen LogP contribution in [0, 0.1) is 0 Å². The lowest BCUT2D eigenvalue weighted by molar-refractivity contribution is -0.192. The van der Waals surface area contributed by atoms with Crippen LogP contribution in [-0.4, -0.2) is 65.6 Å². The van der Waals surface area contributed by atoms with Crippen molar-refractivity contribution in [2.24, 2.45) is 0 Å². The molecule has 5 nitrogen and oxygen atoms in total. The first-order valence-electron chi connectivity index (χ1n) is 5.73. The number of carbonyl (C=O) groups is 1. The highest BCUT2D eigenvalue weighted by molar-refractivity contribution is 5.73. The Balaban J connectivity index is 0.000000203. The first kappa shape index (κ1) is 15.2. The first-order valence-corrected chi connectivity index (χ1v) is 5.73. The Kier molecular flexibility index (Phi) is 5.36. The third kappa shape index (κ3) is 4.79. The summed E-state index contributed by atoms with van der Waals surface area (Å²) in [5.41, 5.74) is 0. The molecular weight excluding hydrogens is 253 g/mol. The average molecular weight is 270 g/mol. The molecule has 0 aromatic heterocycles. The molecule has 0 amide bonds. The van der Waals surface area contributed by atoms with Gasteiger partial charge in [0.1, 0.15) is 0 Å². The molecule has 0 aliphatic carbocycles. The molecule has 2 saturated heterocycles. The summed E-state index contributed by atoms with van der Waals surface area (Å²) in [5.74, 6) is -2.76. The van der Waals surface area contributed by atoms with Gasteiger partial charge in [-0.15, -0.1) is 0 Å². The van der Waals surface area contributed by atoms with Gasteiger partial charge in [-0.25, -0.2) is 4.79 Å². The molecule has 0 spiro atoms. The fourth-order valence-electron chi connectivity index (χ4n) is 1.96. The summed E-state index contributed by atoms with van der Waals surface area (Å²) in [5, 5.41) is 19.6. The van der Waals surface area contributed by atoms with E-state index in [2.05, 4.69) is 10.2 Å². The van der Waals surface area contributed by atoms with E-state index in [9.17, 15) is 13.2 Å². The summed E-state index contributed by atoms with van der Waals surface area (Å²) in [6.07, 6.45) is -2.61. The number of alkyl halides is 3. The molecule has 2 fully saturated rings. The fourth-order valence-corrected chi connectivity index (χ4v) is 1.96. The predicted molar refractivity (Wildman–Crippen MR) is 57.2 cm³/mol. The number of nitrogens with one attached hydrogen (secondary N) is 1. The second kappa shape index (κ2) is 6.35. The predicted octanol–water partition coefficient (Wildman–Crippen LogP) is 0.0482. The molecule has 0 unspecified atom stereocenters. The van der Waals surface area contributed by atoms with Gasteiger partial charge in [0.15, 0.2) is 0 Å². The standard InChI is InChI=1S/C8H16N2O.C2HF3O2/c11-8-5-10(6-8)7-1-3-9-4-2-7;3-2(4,5)1(6)7/h7-9,11H,1-6H2;(H,6,7). The quantitative estimate of drug-likeness (QED) is 0.628. The zero-order valence-electron chi connectivity index (χ0n) is 9.78. The van der Waals surface area contributed by atoms with Crippen LogP contribution >= 0.6 is 0 Å². The van der Waals surface area contributed by atoms with Gasteiger partial charge < -0.3 is 15.5 Å². The maximum atomic E-state index is 10.6. The molecule has 0 atom stereocenters.